The Bertz CT molecular complexity index is 364. The monoisotopic (exact) mass is 220 g/mol. The molecule has 2 rings (SSSR count). The molecule has 16 heavy (non-hydrogen) atoms. The number of nitrogens with zero attached hydrogens (tertiary/aromatic N) is 2. The first-order valence-electron chi connectivity index (χ1n) is 5.89. The van der Waals surface area contributed by atoms with Crippen molar-refractivity contribution in [3.05, 3.63) is 0 Å². The van der Waals surface area contributed by atoms with Crippen molar-refractivity contribution >= 4 is 11.8 Å². The van der Waals surface area contributed by atoms with E-state index in [9.17, 15) is 14.9 Å². The Morgan fingerprint density at radius 1 is 1.31 bits per heavy atom. The Morgan fingerprint density at radius 3 is 2.38 bits per heavy atom. The number of nitriles is 1. The summed E-state index contributed by atoms with van der Waals surface area (Å²) in [6.45, 7) is 1.76. The third-order valence-corrected chi connectivity index (χ3v) is 3.69. The van der Waals surface area contributed by atoms with E-state index >= 15 is 0 Å². The van der Waals surface area contributed by atoms with Gasteiger partial charge in [0.15, 0.2) is 0 Å². The summed E-state index contributed by atoms with van der Waals surface area (Å²) < 4.78 is 0. The number of carbonyl (C=O) groups is 2. The smallest absolute Gasteiger partial charge is 0.233 e. The van der Waals surface area contributed by atoms with Crippen LogP contribution >= 0.6 is 0 Å². The second kappa shape index (κ2) is 3.89. The minimum absolute atomic E-state index is 0.159. The van der Waals surface area contributed by atoms with Gasteiger partial charge in [-0.1, -0.05) is 26.2 Å². The van der Waals surface area contributed by atoms with Gasteiger partial charge in [0.2, 0.25) is 11.8 Å². The zero-order valence-electron chi connectivity index (χ0n) is 9.53. The molecule has 1 heterocycles. The molecular weight excluding hydrogens is 204 g/mol. The number of amides is 2. The second-order valence-corrected chi connectivity index (χ2v) is 4.88. The second-order valence-electron chi connectivity index (χ2n) is 4.88. The highest BCUT2D eigenvalue weighted by atomic mass is 16.2. The van der Waals surface area contributed by atoms with Crippen LogP contribution in [0.2, 0.25) is 0 Å². The lowest BCUT2D eigenvalue weighted by atomic mass is 9.81. The maximum atomic E-state index is 11.9. The molecule has 0 N–H and O–H groups in total. The van der Waals surface area contributed by atoms with Gasteiger partial charge in [-0.25, -0.2) is 0 Å². The van der Waals surface area contributed by atoms with Crippen LogP contribution in [0.5, 0.6) is 0 Å². The number of carbonyl (C=O) groups excluding carboxylic acids is 2. The minimum atomic E-state index is -0.836. The Hall–Kier alpha value is -1.37. The zero-order chi connectivity index (χ0) is 11.8. The molecule has 4 nitrogen and oxygen atoms in total. The van der Waals surface area contributed by atoms with Gasteiger partial charge in [0.1, 0.15) is 5.54 Å². The highest BCUT2D eigenvalue weighted by Crippen LogP contribution is 2.37. The van der Waals surface area contributed by atoms with Gasteiger partial charge < -0.3 is 0 Å². The Morgan fingerprint density at radius 2 is 1.94 bits per heavy atom. The molecule has 1 saturated carbocycles. The molecule has 0 radical (unpaired) electrons. The number of imide groups is 1. The SMILES string of the molecule is CC1CC(=O)N(C2(C#N)CCCCC2)C1=O. The molecule has 1 unspecified atom stereocenters. The topological polar surface area (TPSA) is 61.2 Å². The summed E-state index contributed by atoms with van der Waals surface area (Å²) in [7, 11) is 0. The molecule has 0 aromatic rings. The summed E-state index contributed by atoms with van der Waals surface area (Å²) in [6.07, 6.45) is 4.51. The van der Waals surface area contributed by atoms with E-state index in [1.54, 1.807) is 6.92 Å². The fourth-order valence-corrected chi connectivity index (χ4v) is 2.76. The number of likely N-dealkylation sites (tertiary alicyclic amines) is 1. The molecule has 2 fully saturated rings. The number of rotatable bonds is 1. The van der Waals surface area contributed by atoms with Crippen LogP contribution in [0.3, 0.4) is 0 Å². The quantitative estimate of drug-likeness (QED) is 0.631. The third kappa shape index (κ3) is 1.51. The predicted octanol–water partition coefficient (Wildman–Crippen LogP) is 1.61. The van der Waals surface area contributed by atoms with Crippen LogP contribution in [0.25, 0.3) is 0 Å². The largest absolute Gasteiger partial charge is 0.274 e. The van der Waals surface area contributed by atoms with Crippen LogP contribution in [-0.4, -0.2) is 22.3 Å². The van der Waals surface area contributed by atoms with Crippen LogP contribution in [0.15, 0.2) is 0 Å². The Kier molecular flexibility index (Phi) is 2.71. The molecule has 0 bridgehead atoms. The van der Waals surface area contributed by atoms with Gasteiger partial charge >= 0.3 is 0 Å². The van der Waals surface area contributed by atoms with Gasteiger partial charge in [0.05, 0.1) is 6.07 Å². The molecule has 1 saturated heterocycles. The molecule has 1 aliphatic carbocycles. The normalized spacial score (nSPS) is 29.2. The molecule has 1 aliphatic heterocycles. The summed E-state index contributed by atoms with van der Waals surface area (Å²) in [5.74, 6) is -0.575. The van der Waals surface area contributed by atoms with Gasteiger partial charge in [-0.2, -0.15) is 5.26 Å². The highest BCUT2D eigenvalue weighted by molar-refractivity contribution is 6.04. The Labute approximate surface area is 95.2 Å². The van der Waals surface area contributed by atoms with Gasteiger partial charge in [0, 0.05) is 12.3 Å². The molecular formula is C12H16N2O2. The molecule has 0 aromatic carbocycles. The van der Waals surface area contributed by atoms with Crippen molar-refractivity contribution in [2.75, 3.05) is 0 Å². The molecule has 2 amide bonds. The van der Waals surface area contributed by atoms with Crippen molar-refractivity contribution in [1.29, 1.82) is 5.26 Å². The third-order valence-electron chi connectivity index (χ3n) is 3.69. The minimum Gasteiger partial charge on any atom is -0.274 e. The average molecular weight is 220 g/mol. The van der Waals surface area contributed by atoms with Crippen LogP contribution in [-0.2, 0) is 9.59 Å². The molecule has 4 heteroatoms. The van der Waals surface area contributed by atoms with Gasteiger partial charge in [-0.3, -0.25) is 14.5 Å². The summed E-state index contributed by atoms with van der Waals surface area (Å²) in [6, 6.07) is 2.22. The lowest BCUT2D eigenvalue weighted by Gasteiger charge is -2.37. The van der Waals surface area contributed by atoms with Crippen LogP contribution in [0.4, 0.5) is 0 Å². The first-order valence-corrected chi connectivity index (χ1v) is 5.89. The van der Waals surface area contributed by atoms with Gasteiger partial charge in [-0.15, -0.1) is 0 Å². The molecule has 0 spiro atoms. The van der Waals surface area contributed by atoms with E-state index in [1.807, 2.05) is 0 Å². The van der Waals surface area contributed by atoms with E-state index in [0.29, 0.717) is 12.8 Å². The van der Waals surface area contributed by atoms with Gasteiger partial charge in [0.25, 0.3) is 0 Å². The van der Waals surface area contributed by atoms with E-state index in [-0.39, 0.29) is 24.2 Å². The summed E-state index contributed by atoms with van der Waals surface area (Å²) >= 11 is 0. The average Bonchev–Trinajstić information content (AvgIpc) is 2.54. The van der Waals surface area contributed by atoms with E-state index in [1.165, 1.54) is 4.90 Å². The fourth-order valence-electron chi connectivity index (χ4n) is 2.76. The van der Waals surface area contributed by atoms with Crippen molar-refractivity contribution in [1.82, 2.24) is 4.90 Å². The van der Waals surface area contributed by atoms with Crippen molar-refractivity contribution < 1.29 is 9.59 Å². The van der Waals surface area contributed by atoms with Crippen LogP contribution < -0.4 is 0 Å². The lowest BCUT2D eigenvalue weighted by molar-refractivity contribution is -0.145. The van der Waals surface area contributed by atoms with Crippen molar-refractivity contribution in [3.63, 3.8) is 0 Å². The Balaban J connectivity index is 2.31. The van der Waals surface area contributed by atoms with Crippen molar-refractivity contribution in [3.8, 4) is 6.07 Å². The summed E-state index contributed by atoms with van der Waals surface area (Å²) in [4.78, 5) is 25.0. The lowest BCUT2D eigenvalue weighted by Crippen LogP contribution is -2.52. The van der Waals surface area contributed by atoms with E-state index < -0.39 is 5.54 Å². The van der Waals surface area contributed by atoms with E-state index in [0.717, 1.165) is 19.3 Å². The maximum absolute atomic E-state index is 11.9. The molecule has 86 valence electrons. The first kappa shape index (κ1) is 11.1. The number of hydrogen-bond acceptors (Lipinski definition) is 3. The fraction of sp³-hybridized carbons (Fsp3) is 0.750. The molecule has 2 aliphatic rings. The first-order chi connectivity index (χ1) is 7.60. The van der Waals surface area contributed by atoms with E-state index in [4.69, 9.17) is 0 Å². The summed E-state index contributed by atoms with van der Waals surface area (Å²) in [5, 5.41) is 9.33. The summed E-state index contributed by atoms with van der Waals surface area (Å²) in [5.41, 5.74) is -0.836. The standard InChI is InChI=1S/C12H16N2O2/c1-9-7-10(15)14(11(9)16)12(8-13)5-3-2-4-6-12/h9H,2-7H2,1H3. The van der Waals surface area contributed by atoms with Crippen molar-refractivity contribution in [2.24, 2.45) is 5.92 Å². The maximum Gasteiger partial charge on any atom is 0.233 e. The van der Waals surface area contributed by atoms with E-state index in [2.05, 4.69) is 6.07 Å². The molecule has 1 atom stereocenters. The van der Waals surface area contributed by atoms with Crippen LogP contribution in [0.1, 0.15) is 45.4 Å². The van der Waals surface area contributed by atoms with Crippen LogP contribution in [0, 0.1) is 17.2 Å². The van der Waals surface area contributed by atoms with Crippen molar-refractivity contribution in [2.45, 2.75) is 51.0 Å². The predicted molar refractivity (Wildman–Crippen MR) is 57.1 cm³/mol. The van der Waals surface area contributed by atoms with Gasteiger partial charge in [-0.05, 0) is 12.8 Å². The highest BCUT2D eigenvalue weighted by Gasteiger charge is 2.49. The molecule has 0 aromatic heterocycles. The number of hydrogen-bond donors (Lipinski definition) is 0. The zero-order valence-corrected chi connectivity index (χ0v) is 9.53.